The van der Waals surface area contributed by atoms with Crippen LogP contribution in [0.25, 0.3) is 0 Å². The van der Waals surface area contributed by atoms with Crippen LogP contribution in [0, 0.1) is 0 Å². The summed E-state index contributed by atoms with van der Waals surface area (Å²) < 4.78 is 0. The van der Waals surface area contributed by atoms with Crippen LogP contribution in [0.5, 0.6) is 0 Å². The Morgan fingerprint density at radius 2 is 0.696 bits per heavy atom. The van der Waals surface area contributed by atoms with Crippen LogP contribution in [0.2, 0.25) is 0 Å². The van der Waals surface area contributed by atoms with E-state index in [-0.39, 0.29) is 47.8 Å². The van der Waals surface area contributed by atoms with Crippen LogP contribution in [0.4, 0.5) is 0 Å². The second-order valence-electron chi connectivity index (χ2n) is 8.07. The van der Waals surface area contributed by atoms with Crippen molar-refractivity contribution in [3.05, 3.63) is 33.9 Å². The Morgan fingerprint density at radius 3 is 0.870 bits per heavy atom. The summed E-state index contributed by atoms with van der Waals surface area (Å²) in [6, 6.07) is 2.52. The zero-order chi connectivity index (χ0) is 16.5. The topological polar surface area (TPSA) is 0 Å². The number of rotatable bonds is 5. The average molecular weight is 534 g/mol. The van der Waals surface area contributed by atoms with Gasteiger partial charge < -0.3 is 0 Å². The molecule has 1 aromatic carbocycles. The Hall–Kier alpha value is 0.817. The van der Waals surface area contributed by atoms with Crippen LogP contribution in [0.15, 0.2) is 6.07 Å². The molecular formula is C21H44Sn2. The van der Waals surface area contributed by atoms with E-state index in [4.69, 9.17) is 0 Å². The van der Waals surface area contributed by atoms with Gasteiger partial charge in [0.05, 0.1) is 0 Å². The van der Waals surface area contributed by atoms with E-state index >= 15 is 0 Å². The van der Waals surface area contributed by atoms with Crippen molar-refractivity contribution in [3.63, 3.8) is 0 Å². The molecule has 0 aliphatic rings. The molecule has 0 nitrogen and oxygen atoms in total. The van der Waals surface area contributed by atoms with Crippen molar-refractivity contribution in [2.75, 3.05) is 0 Å². The second kappa shape index (κ2) is 10.7. The van der Waals surface area contributed by atoms with Gasteiger partial charge in [-0.2, -0.15) is 0 Å². The Bertz CT molecular complexity index is 445. The summed E-state index contributed by atoms with van der Waals surface area (Å²) in [5.41, 5.74) is 8.01. The third-order valence-corrected chi connectivity index (χ3v) is 4.49. The Morgan fingerprint density at radius 1 is 0.435 bits per heavy atom. The third kappa shape index (κ3) is 5.94. The number of hydrogen-bond acceptors (Lipinski definition) is 0. The molecule has 0 radical (unpaired) electrons. The van der Waals surface area contributed by atoms with E-state index in [9.17, 15) is 0 Å². The van der Waals surface area contributed by atoms with E-state index < -0.39 is 0 Å². The molecule has 0 aliphatic carbocycles. The predicted molar refractivity (Wildman–Crippen MR) is 120 cm³/mol. The summed E-state index contributed by atoms with van der Waals surface area (Å²) in [7, 11) is 0. The van der Waals surface area contributed by atoms with E-state index in [2.05, 4.69) is 75.3 Å². The maximum absolute atomic E-state index is 2.52. The SMILES string of the molecule is CC(C)c1cc(C(C)C)c(C(C)C)c(C(C)C)c1C(C)C.[SnH4].[SnH4]. The van der Waals surface area contributed by atoms with Crippen LogP contribution < -0.4 is 0 Å². The molecule has 0 unspecified atom stereocenters. The molecule has 0 N–H and O–H groups in total. The van der Waals surface area contributed by atoms with Gasteiger partial charge in [-0.3, -0.25) is 0 Å². The minimum absolute atomic E-state index is 0. The molecule has 0 atom stereocenters. The van der Waals surface area contributed by atoms with Gasteiger partial charge in [-0.15, -0.1) is 0 Å². The molecule has 0 aromatic heterocycles. The number of hydrogen-bond donors (Lipinski definition) is 0. The maximum atomic E-state index is 2.52. The summed E-state index contributed by atoms with van der Waals surface area (Å²) in [5, 5.41) is 0. The molecule has 0 saturated heterocycles. The van der Waals surface area contributed by atoms with Gasteiger partial charge in [0.25, 0.3) is 0 Å². The van der Waals surface area contributed by atoms with Crippen molar-refractivity contribution in [3.8, 4) is 0 Å². The van der Waals surface area contributed by atoms with Crippen molar-refractivity contribution in [1.82, 2.24) is 0 Å². The minimum atomic E-state index is 0. The van der Waals surface area contributed by atoms with Gasteiger partial charge in [0.15, 0.2) is 0 Å². The first-order valence-corrected chi connectivity index (χ1v) is 8.79. The van der Waals surface area contributed by atoms with Crippen LogP contribution in [-0.4, -0.2) is 47.8 Å². The van der Waals surface area contributed by atoms with Crippen LogP contribution in [-0.2, 0) is 0 Å². The monoisotopic (exact) mass is 536 g/mol. The fourth-order valence-electron chi connectivity index (χ4n) is 3.65. The fraction of sp³-hybridized carbons (Fsp3) is 0.714. The standard InChI is InChI=1S/C21H36.2Sn.8H/c1-12(2)17-11-18(13(3)4)20(15(7)8)21(16(9)10)19(17)14(5)6;;;;;;;;;;/h11-16H,1-10H3;;;;;;;;;;. The molecule has 136 valence electrons. The van der Waals surface area contributed by atoms with Gasteiger partial charge in [-0.25, -0.2) is 0 Å². The predicted octanol–water partition coefficient (Wildman–Crippen LogP) is 4.40. The summed E-state index contributed by atoms with van der Waals surface area (Å²) in [4.78, 5) is 0. The molecule has 0 saturated carbocycles. The van der Waals surface area contributed by atoms with Crippen molar-refractivity contribution >= 4 is 47.8 Å². The van der Waals surface area contributed by atoms with Gasteiger partial charge in [0, 0.05) is 0 Å². The van der Waals surface area contributed by atoms with Gasteiger partial charge in [-0.1, -0.05) is 75.3 Å². The van der Waals surface area contributed by atoms with Crippen LogP contribution >= 0.6 is 0 Å². The molecule has 0 amide bonds. The molecule has 0 aliphatic heterocycles. The molecule has 2 heteroatoms. The van der Waals surface area contributed by atoms with Gasteiger partial charge >= 0.3 is 47.8 Å². The third-order valence-electron chi connectivity index (χ3n) is 4.49. The van der Waals surface area contributed by atoms with Gasteiger partial charge in [-0.05, 0) is 57.4 Å². The molecule has 0 heterocycles. The average Bonchev–Trinajstić information content (AvgIpc) is 2.34. The Kier molecular flexibility index (Phi) is 12.2. The molecule has 0 fully saturated rings. The summed E-state index contributed by atoms with van der Waals surface area (Å²) in [5.74, 6) is 2.98. The first-order valence-electron chi connectivity index (χ1n) is 8.79. The molecule has 0 bridgehead atoms. The van der Waals surface area contributed by atoms with Gasteiger partial charge in [0.1, 0.15) is 0 Å². The summed E-state index contributed by atoms with van der Waals surface area (Å²) in [6.45, 7) is 23.5. The van der Waals surface area contributed by atoms with Crippen molar-refractivity contribution in [2.24, 2.45) is 0 Å². The van der Waals surface area contributed by atoms with E-state index in [0.29, 0.717) is 29.6 Å². The Balaban J connectivity index is 0. The molecule has 0 spiro atoms. The first kappa shape index (κ1) is 26.1. The second-order valence-corrected chi connectivity index (χ2v) is 8.07. The van der Waals surface area contributed by atoms with Crippen molar-refractivity contribution in [1.29, 1.82) is 0 Å². The summed E-state index contributed by atoms with van der Waals surface area (Å²) in [6.07, 6.45) is 0. The first-order chi connectivity index (χ1) is 9.59. The molecule has 23 heavy (non-hydrogen) atoms. The van der Waals surface area contributed by atoms with E-state index in [0.717, 1.165) is 0 Å². The van der Waals surface area contributed by atoms with Crippen LogP contribution in [0.3, 0.4) is 0 Å². The molecule has 1 aromatic rings. The van der Waals surface area contributed by atoms with E-state index in [1.165, 1.54) is 0 Å². The quantitative estimate of drug-likeness (QED) is 0.492. The van der Waals surface area contributed by atoms with E-state index in [1.807, 2.05) is 0 Å². The van der Waals surface area contributed by atoms with Crippen molar-refractivity contribution in [2.45, 2.75) is 98.8 Å². The number of benzene rings is 1. The molecule has 1 rings (SSSR count). The van der Waals surface area contributed by atoms with Crippen LogP contribution in [0.1, 0.15) is 127 Å². The normalized spacial score (nSPS) is 11.4. The Labute approximate surface area is 179 Å². The molecular weight excluding hydrogens is 490 g/mol. The zero-order valence-corrected chi connectivity index (χ0v) is 16.0. The van der Waals surface area contributed by atoms with Gasteiger partial charge in [0.2, 0.25) is 0 Å². The fourth-order valence-corrected chi connectivity index (χ4v) is 3.65. The summed E-state index contributed by atoms with van der Waals surface area (Å²) >= 11 is 0. The van der Waals surface area contributed by atoms with E-state index in [1.54, 1.807) is 27.8 Å². The van der Waals surface area contributed by atoms with Crippen molar-refractivity contribution < 1.29 is 0 Å². The zero-order valence-electron chi connectivity index (χ0n) is 16.0.